The van der Waals surface area contributed by atoms with Gasteiger partial charge in [-0.1, -0.05) is 18.2 Å². The molecule has 1 atom stereocenters. The van der Waals surface area contributed by atoms with Gasteiger partial charge in [0.1, 0.15) is 11.9 Å². The molecule has 6 nitrogen and oxygen atoms in total. The van der Waals surface area contributed by atoms with E-state index < -0.39 is 0 Å². The van der Waals surface area contributed by atoms with Crippen LogP contribution >= 0.6 is 0 Å². The molecule has 6 heteroatoms. The van der Waals surface area contributed by atoms with E-state index in [0.29, 0.717) is 6.54 Å². The summed E-state index contributed by atoms with van der Waals surface area (Å²) in [6, 6.07) is 8.06. The molecule has 0 saturated carbocycles. The first-order valence-corrected chi connectivity index (χ1v) is 8.91. The molecule has 0 aliphatic carbocycles. The second-order valence-electron chi connectivity index (χ2n) is 6.22. The molecular formula is C19H34N4O2. The van der Waals surface area contributed by atoms with Gasteiger partial charge in [-0.05, 0) is 45.5 Å². The zero-order chi connectivity index (χ0) is 18.5. The third-order valence-corrected chi connectivity index (χ3v) is 3.89. The van der Waals surface area contributed by atoms with E-state index in [4.69, 9.17) is 9.47 Å². The van der Waals surface area contributed by atoms with Gasteiger partial charge in [0, 0.05) is 27.2 Å². The zero-order valence-corrected chi connectivity index (χ0v) is 16.3. The molecule has 0 radical (unpaired) electrons. The second-order valence-corrected chi connectivity index (χ2v) is 6.22. The van der Waals surface area contributed by atoms with Gasteiger partial charge < -0.3 is 25.0 Å². The number of ether oxygens (including phenoxy) is 2. The molecule has 0 bridgehead atoms. The Bertz CT molecular complexity index is 508. The van der Waals surface area contributed by atoms with Crippen LogP contribution < -0.4 is 15.4 Å². The average molecular weight is 351 g/mol. The topological polar surface area (TPSA) is 58.1 Å². The normalized spacial score (nSPS) is 13.0. The van der Waals surface area contributed by atoms with E-state index in [1.807, 2.05) is 18.2 Å². The van der Waals surface area contributed by atoms with E-state index in [2.05, 4.69) is 47.5 Å². The Morgan fingerprint density at radius 3 is 2.68 bits per heavy atom. The Hall–Kier alpha value is -1.79. The average Bonchev–Trinajstić information content (AvgIpc) is 2.61. The van der Waals surface area contributed by atoms with Crippen LogP contribution in [0.1, 0.15) is 18.9 Å². The minimum Gasteiger partial charge on any atom is -0.489 e. The Morgan fingerprint density at radius 1 is 1.24 bits per heavy atom. The van der Waals surface area contributed by atoms with Crippen LogP contribution in [0.3, 0.4) is 0 Å². The Labute approximate surface area is 152 Å². The van der Waals surface area contributed by atoms with Crippen LogP contribution in [0.4, 0.5) is 0 Å². The van der Waals surface area contributed by atoms with Crippen molar-refractivity contribution in [3.63, 3.8) is 0 Å². The number of aryl methyl sites for hydroxylation is 1. The van der Waals surface area contributed by atoms with Crippen molar-refractivity contribution in [1.29, 1.82) is 0 Å². The van der Waals surface area contributed by atoms with Crippen molar-refractivity contribution in [2.45, 2.75) is 26.4 Å². The summed E-state index contributed by atoms with van der Waals surface area (Å²) in [6.07, 6.45) is 1.11. The minimum atomic E-state index is 0.0554. The lowest BCUT2D eigenvalue weighted by Crippen LogP contribution is -2.42. The number of methoxy groups -OCH3 is 1. The monoisotopic (exact) mass is 350 g/mol. The van der Waals surface area contributed by atoms with Crippen molar-refractivity contribution < 1.29 is 9.47 Å². The van der Waals surface area contributed by atoms with E-state index >= 15 is 0 Å². The number of nitrogens with one attached hydrogen (secondary N) is 2. The molecule has 142 valence electrons. The summed E-state index contributed by atoms with van der Waals surface area (Å²) in [5.41, 5.74) is 1.15. The van der Waals surface area contributed by atoms with Gasteiger partial charge in [-0.2, -0.15) is 0 Å². The summed E-state index contributed by atoms with van der Waals surface area (Å²) in [5, 5.41) is 6.65. The highest BCUT2D eigenvalue weighted by molar-refractivity contribution is 5.79. The summed E-state index contributed by atoms with van der Waals surface area (Å²) < 4.78 is 11.1. The first-order valence-electron chi connectivity index (χ1n) is 8.91. The fraction of sp³-hybridized carbons (Fsp3) is 0.632. The minimum absolute atomic E-state index is 0.0554. The predicted molar refractivity (Wildman–Crippen MR) is 105 cm³/mol. The fourth-order valence-corrected chi connectivity index (χ4v) is 2.32. The van der Waals surface area contributed by atoms with E-state index in [1.165, 1.54) is 0 Å². The maximum Gasteiger partial charge on any atom is 0.191 e. The highest BCUT2D eigenvalue weighted by Crippen LogP contribution is 2.17. The van der Waals surface area contributed by atoms with Gasteiger partial charge in [0.2, 0.25) is 0 Å². The quantitative estimate of drug-likeness (QED) is 0.363. The highest BCUT2D eigenvalue weighted by Gasteiger charge is 2.07. The summed E-state index contributed by atoms with van der Waals surface area (Å²) in [6.45, 7) is 8.44. The molecule has 0 aromatic heterocycles. The molecule has 1 unspecified atom stereocenters. The summed E-state index contributed by atoms with van der Waals surface area (Å²) in [7, 11) is 5.62. The van der Waals surface area contributed by atoms with Crippen LogP contribution in [-0.4, -0.2) is 71.0 Å². The van der Waals surface area contributed by atoms with Crippen molar-refractivity contribution in [1.82, 2.24) is 15.5 Å². The van der Waals surface area contributed by atoms with E-state index in [9.17, 15) is 0 Å². The molecule has 25 heavy (non-hydrogen) atoms. The van der Waals surface area contributed by atoms with E-state index in [0.717, 1.165) is 49.9 Å². The Kier molecular flexibility index (Phi) is 10.7. The van der Waals surface area contributed by atoms with Gasteiger partial charge in [-0.3, -0.25) is 4.99 Å². The largest absolute Gasteiger partial charge is 0.489 e. The summed E-state index contributed by atoms with van der Waals surface area (Å²) >= 11 is 0. The van der Waals surface area contributed by atoms with E-state index in [1.54, 1.807) is 14.2 Å². The van der Waals surface area contributed by atoms with Gasteiger partial charge in [0.25, 0.3) is 0 Å². The molecule has 1 rings (SSSR count). The number of aliphatic imine (C=N–C) groups is 1. The zero-order valence-electron chi connectivity index (χ0n) is 16.3. The van der Waals surface area contributed by atoms with Crippen molar-refractivity contribution >= 4 is 5.96 Å². The van der Waals surface area contributed by atoms with Gasteiger partial charge in [0.05, 0.1) is 13.2 Å². The molecule has 0 fully saturated rings. The Balaban J connectivity index is 2.22. The smallest absolute Gasteiger partial charge is 0.191 e. The van der Waals surface area contributed by atoms with Crippen LogP contribution in [0.5, 0.6) is 5.75 Å². The molecule has 0 spiro atoms. The van der Waals surface area contributed by atoms with Gasteiger partial charge >= 0.3 is 0 Å². The molecule has 0 heterocycles. The number of rotatable bonds is 11. The Morgan fingerprint density at radius 2 is 2.00 bits per heavy atom. The standard InChI is InChI=1S/C19H34N4O2/c1-16-9-6-7-10-18(16)25-17(2)15-22-19(20-3)21-11-8-12-23(4)13-14-24-5/h6-7,9-10,17H,8,11-15H2,1-5H3,(H2,20,21,22). The summed E-state index contributed by atoms with van der Waals surface area (Å²) in [5.74, 6) is 1.73. The molecular weight excluding hydrogens is 316 g/mol. The molecule has 0 saturated heterocycles. The number of para-hydroxylation sites is 1. The van der Waals surface area contributed by atoms with Crippen molar-refractivity contribution in [2.24, 2.45) is 4.99 Å². The fourth-order valence-electron chi connectivity index (χ4n) is 2.32. The van der Waals surface area contributed by atoms with Crippen molar-refractivity contribution in [2.75, 3.05) is 54.0 Å². The number of hydrogen-bond acceptors (Lipinski definition) is 4. The van der Waals surface area contributed by atoms with Gasteiger partial charge in [-0.25, -0.2) is 0 Å². The molecule has 2 N–H and O–H groups in total. The molecule has 0 amide bonds. The maximum absolute atomic E-state index is 5.97. The number of hydrogen-bond donors (Lipinski definition) is 2. The van der Waals surface area contributed by atoms with Crippen LogP contribution in [0.25, 0.3) is 0 Å². The van der Waals surface area contributed by atoms with Crippen LogP contribution in [0.15, 0.2) is 29.3 Å². The SMILES string of the molecule is CN=C(NCCCN(C)CCOC)NCC(C)Oc1ccccc1C. The van der Waals surface area contributed by atoms with Crippen molar-refractivity contribution in [3.8, 4) is 5.75 Å². The highest BCUT2D eigenvalue weighted by atomic mass is 16.5. The number of benzene rings is 1. The lowest BCUT2D eigenvalue weighted by atomic mass is 10.2. The second kappa shape index (κ2) is 12.6. The van der Waals surface area contributed by atoms with E-state index in [-0.39, 0.29) is 6.10 Å². The lowest BCUT2D eigenvalue weighted by Gasteiger charge is -2.19. The molecule has 0 aliphatic rings. The molecule has 0 aliphatic heterocycles. The number of nitrogens with zero attached hydrogens (tertiary/aromatic N) is 2. The van der Waals surface area contributed by atoms with Crippen molar-refractivity contribution in [3.05, 3.63) is 29.8 Å². The lowest BCUT2D eigenvalue weighted by molar-refractivity contribution is 0.161. The van der Waals surface area contributed by atoms with Crippen LogP contribution in [0.2, 0.25) is 0 Å². The molecule has 1 aromatic carbocycles. The maximum atomic E-state index is 5.97. The van der Waals surface area contributed by atoms with Gasteiger partial charge in [-0.15, -0.1) is 0 Å². The molecule has 1 aromatic rings. The third kappa shape index (κ3) is 9.31. The van der Waals surface area contributed by atoms with Crippen LogP contribution in [0, 0.1) is 6.92 Å². The summed E-state index contributed by atoms with van der Waals surface area (Å²) in [4.78, 5) is 6.52. The number of likely N-dealkylation sites (N-methyl/N-ethyl adjacent to an activating group) is 1. The first kappa shape index (κ1) is 21.3. The number of guanidine groups is 1. The third-order valence-electron chi connectivity index (χ3n) is 3.89. The van der Waals surface area contributed by atoms with Crippen LogP contribution in [-0.2, 0) is 4.74 Å². The first-order chi connectivity index (χ1) is 12.1. The predicted octanol–water partition coefficient (Wildman–Crippen LogP) is 1.90. The van der Waals surface area contributed by atoms with Gasteiger partial charge in [0.15, 0.2) is 5.96 Å².